The molecule has 2 N–H and O–H groups in total. The molecule has 0 aliphatic carbocycles. The molecule has 1 atom stereocenters. The normalized spacial score (nSPS) is 14.5. The van der Waals surface area contributed by atoms with Gasteiger partial charge in [-0.3, -0.25) is 4.79 Å². The molecule has 0 aliphatic rings. The van der Waals surface area contributed by atoms with Gasteiger partial charge in [-0.2, -0.15) is 26.3 Å². The monoisotopic (exact) mass is 343 g/mol. The quantitative estimate of drug-likeness (QED) is 0.813. The Morgan fingerprint density at radius 3 is 1.87 bits per heavy atom. The zero-order chi connectivity index (χ0) is 18.1. The highest BCUT2D eigenvalue weighted by Gasteiger charge is 2.71. The molecule has 0 heterocycles. The van der Waals surface area contributed by atoms with E-state index in [2.05, 4.69) is 5.32 Å². The molecule has 3 nitrogen and oxygen atoms in total. The van der Waals surface area contributed by atoms with E-state index in [1.54, 1.807) is 13.8 Å². The molecule has 0 spiro atoms. The van der Waals surface area contributed by atoms with Crippen molar-refractivity contribution in [3.05, 3.63) is 29.8 Å². The molecule has 1 aromatic rings. The molecule has 9 heteroatoms. The first-order valence-corrected chi connectivity index (χ1v) is 6.61. The van der Waals surface area contributed by atoms with Gasteiger partial charge in [0.1, 0.15) is 0 Å². The Labute approximate surface area is 128 Å². The highest BCUT2D eigenvalue weighted by molar-refractivity contribution is 5.92. The summed E-state index contributed by atoms with van der Waals surface area (Å²) in [6, 6.07) is 2.70. The van der Waals surface area contributed by atoms with Gasteiger partial charge in [0.15, 0.2) is 0 Å². The van der Waals surface area contributed by atoms with Crippen LogP contribution in [0.5, 0.6) is 0 Å². The van der Waals surface area contributed by atoms with Crippen LogP contribution in [0.15, 0.2) is 24.3 Å². The Hall–Kier alpha value is -1.77. The third-order valence-corrected chi connectivity index (χ3v) is 3.45. The predicted molar refractivity (Wildman–Crippen MR) is 70.5 cm³/mol. The van der Waals surface area contributed by atoms with Crippen LogP contribution in [0.1, 0.15) is 25.8 Å². The van der Waals surface area contributed by atoms with E-state index in [9.17, 15) is 36.2 Å². The molecule has 0 radical (unpaired) electrons. The third-order valence-electron chi connectivity index (χ3n) is 3.45. The summed E-state index contributed by atoms with van der Waals surface area (Å²) in [6.45, 7) is 3.37. The van der Waals surface area contributed by atoms with Crippen molar-refractivity contribution in [2.45, 2.75) is 38.2 Å². The van der Waals surface area contributed by atoms with Crippen LogP contribution in [0.25, 0.3) is 0 Å². The Kier molecular flexibility index (Phi) is 5.35. The van der Waals surface area contributed by atoms with Crippen LogP contribution in [-0.2, 0) is 10.4 Å². The van der Waals surface area contributed by atoms with Gasteiger partial charge in [0.2, 0.25) is 5.91 Å². The van der Waals surface area contributed by atoms with Gasteiger partial charge in [0.25, 0.3) is 5.60 Å². The van der Waals surface area contributed by atoms with Gasteiger partial charge >= 0.3 is 12.4 Å². The minimum Gasteiger partial charge on any atom is -0.369 e. The predicted octanol–water partition coefficient (Wildman–Crippen LogP) is 3.98. The first-order chi connectivity index (χ1) is 10.3. The van der Waals surface area contributed by atoms with Crippen LogP contribution in [-0.4, -0.2) is 23.4 Å². The third kappa shape index (κ3) is 3.77. The molecule has 130 valence electrons. The van der Waals surface area contributed by atoms with Gasteiger partial charge in [-0.15, -0.1) is 0 Å². The van der Waals surface area contributed by atoms with Crippen LogP contribution in [0.2, 0.25) is 0 Å². The smallest absolute Gasteiger partial charge is 0.369 e. The average molecular weight is 343 g/mol. The SMILES string of the molecule is CCC(C)C(=O)Nc1ccc(C(O)(C(F)(F)F)C(F)(F)F)cc1. The standard InChI is InChI=1S/C14H15F6NO2/c1-3-8(2)11(22)21-10-6-4-9(5-7-10)12(23,13(15,16)17)14(18,19)20/h4-8,23H,3H2,1-2H3,(H,21,22). The van der Waals surface area contributed by atoms with Crippen molar-refractivity contribution in [1.82, 2.24) is 0 Å². The first-order valence-electron chi connectivity index (χ1n) is 6.61. The van der Waals surface area contributed by atoms with E-state index in [1.807, 2.05) is 0 Å². The summed E-state index contributed by atoms with van der Waals surface area (Å²) in [5, 5.41) is 11.6. The Morgan fingerprint density at radius 2 is 1.52 bits per heavy atom. The number of carbonyl (C=O) groups is 1. The van der Waals surface area contributed by atoms with Crippen LogP contribution in [0.4, 0.5) is 32.0 Å². The average Bonchev–Trinajstić information content (AvgIpc) is 2.43. The molecule has 0 fully saturated rings. The van der Waals surface area contributed by atoms with Gasteiger partial charge in [0, 0.05) is 17.2 Å². The molecule has 1 aromatic carbocycles. The van der Waals surface area contributed by atoms with Crippen LogP contribution >= 0.6 is 0 Å². The van der Waals surface area contributed by atoms with Crippen molar-refractivity contribution >= 4 is 11.6 Å². The number of rotatable bonds is 4. The topological polar surface area (TPSA) is 49.3 Å². The second-order valence-electron chi connectivity index (χ2n) is 5.08. The fourth-order valence-corrected chi connectivity index (χ4v) is 1.73. The molecule has 0 aromatic heterocycles. The van der Waals surface area contributed by atoms with Gasteiger partial charge in [-0.05, 0) is 18.6 Å². The summed E-state index contributed by atoms with van der Waals surface area (Å²) in [5.41, 5.74) is -6.32. The fraction of sp³-hybridized carbons (Fsp3) is 0.500. The van der Waals surface area contributed by atoms with Crippen molar-refractivity contribution in [2.24, 2.45) is 5.92 Å². The number of aliphatic hydroxyl groups is 1. The van der Waals surface area contributed by atoms with Crippen molar-refractivity contribution in [3.8, 4) is 0 Å². The summed E-state index contributed by atoms with van der Waals surface area (Å²) in [5.74, 6) is -0.779. The highest BCUT2D eigenvalue weighted by atomic mass is 19.4. The van der Waals surface area contributed by atoms with E-state index in [1.165, 1.54) is 0 Å². The second-order valence-corrected chi connectivity index (χ2v) is 5.08. The molecule has 0 saturated heterocycles. The van der Waals surface area contributed by atoms with Crippen molar-refractivity contribution in [2.75, 3.05) is 5.32 Å². The maximum atomic E-state index is 12.7. The Balaban J connectivity index is 3.13. The molecule has 1 amide bonds. The van der Waals surface area contributed by atoms with Crippen molar-refractivity contribution in [1.29, 1.82) is 0 Å². The van der Waals surface area contributed by atoms with Crippen LogP contribution < -0.4 is 5.32 Å². The van der Waals surface area contributed by atoms with Gasteiger partial charge in [-0.1, -0.05) is 26.0 Å². The van der Waals surface area contributed by atoms with E-state index in [0.29, 0.717) is 18.6 Å². The number of anilines is 1. The lowest BCUT2D eigenvalue weighted by atomic mass is 9.92. The van der Waals surface area contributed by atoms with Gasteiger partial charge < -0.3 is 10.4 Å². The summed E-state index contributed by atoms with van der Waals surface area (Å²) in [7, 11) is 0. The lowest BCUT2D eigenvalue weighted by molar-refractivity contribution is -0.376. The second kappa shape index (κ2) is 6.38. The van der Waals surface area contributed by atoms with Crippen molar-refractivity contribution in [3.63, 3.8) is 0 Å². The minimum atomic E-state index is -5.94. The van der Waals surface area contributed by atoms with E-state index in [-0.39, 0.29) is 11.6 Å². The number of hydrogen-bond donors (Lipinski definition) is 2. The van der Waals surface area contributed by atoms with E-state index >= 15 is 0 Å². The maximum absolute atomic E-state index is 12.7. The number of hydrogen-bond acceptors (Lipinski definition) is 2. The highest BCUT2D eigenvalue weighted by Crippen LogP contribution is 2.50. The first kappa shape index (κ1) is 19.3. The summed E-state index contributed by atoms with van der Waals surface area (Å²) in [4.78, 5) is 11.6. The molecular formula is C14H15F6NO2. The minimum absolute atomic E-state index is 0.0331. The Morgan fingerprint density at radius 1 is 1.09 bits per heavy atom. The number of amides is 1. The van der Waals surface area contributed by atoms with Crippen LogP contribution in [0, 0.1) is 5.92 Å². The zero-order valence-electron chi connectivity index (χ0n) is 12.2. The van der Waals surface area contributed by atoms with Crippen LogP contribution in [0.3, 0.4) is 0 Å². The van der Waals surface area contributed by atoms with E-state index < -0.39 is 29.4 Å². The zero-order valence-corrected chi connectivity index (χ0v) is 12.2. The number of halogens is 6. The summed E-state index contributed by atoms with van der Waals surface area (Å²) < 4.78 is 76.3. The van der Waals surface area contributed by atoms with Gasteiger partial charge in [-0.25, -0.2) is 0 Å². The van der Waals surface area contributed by atoms with E-state index in [0.717, 1.165) is 12.1 Å². The van der Waals surface area contributed by atoms with E-state index in [4.69, 9.17) is 0 Å². The lowest BCUT2D eigenvalue weighted by Gasteiger charge is -2.32. The maximum Gasteiger partial charge on any atom is 0.430 e. The number of benzene rings is 1. The Bertz CT molecular complexity index is 536. The number of nitrogens with one attached hydrogen (secondary N) is 1. The summed E-state index contributed by atoms with van der Waals surface area (Å²) in [6.07, 6.45) is -11.4. The number of alkyl halides is 6. The molecule has 0 bridgehead atoms. The molecule has 0 aliphatic heterocycles. The molecule has 23 heavy (non-hydrogen) atoms. The van der Waals surface area contributed by atoms with Crippen molar-refractivity contribution < 1.29 is 36.2 Å². The summed E-state index contributed by atoms with van der Waals surface area (Å²) >= 11 is 0. The fourth-order valence-electron chi connectivity index (χ4n) is 1.73. The lowest BCUT2D eigenvalue weighted by Crippen LogP contribution is -2.53. The number of carbonyl (C=O) groups excluding carboxylic acids is 1. The molecule has 1 unspecified atom stereocenters. The molecule has 1 rings (SSSR count). The molecular weight excluding hydrogens is 328 g/mol. The van der Waals surface area contributed by atoms with Gasteiger partial charge in [0.05, 0.1) is 0 Å². The largest absolute Gasteiger partial charge is 0.430 e. The molecule has 0 saturated carbocycles.